The van der Waals surface area contributed by atoms with E-state index in [1.54, 1.807) is 0 Å². The number of likely N-dealkylation sites (N-methyl/N-ethyl adjacent to an activating group) is 1. The van der Waals surface area contributed by atoms with Crippen molar-refractivity contribution >= 4 is 11.9 Å². The van der Waals surface area contributed by atoms with Gasteiger partial charge in [0.15, 0.2) is 5.78 Å². The van der Waals surface area contributed by atoms with Crippen LogP contribution < -0.4 is 0 Å². The van der Waals surface area contributed by atoms with Crippen LogP contribution in [-0.2, 0) is 4.79 Å². The first-order valence-electron chi connectivity index (χ1n) is 7.39. The molecule has 0 aliphatic heterocycles. The smallest absolute Gasteiger partial charge is 0.160 e. The molecule has 1 aliphatic carbocycles. The predicted molar refractivity (Wildman–Crippen MR) is 81.4 cm³/mol. The second-order valence-corrected chi connectivity index (χ2v) is 5.21. The Morgan fingerprint density at radius 3 is 2.50 bits per heavy atom. The number of Topliss-reactive ketones (excluding diaryl/α,β-unsaturated/α-hetero) is 1. The standard InChI is InChI=1S/C17H23NO2/c1-3-18(4-2)17-14(15(19)10-11-16(17)20)12-13-8-6-5-7-9-13/h5-9,12,16-17,20H,3-4,10-11H2,1-2H3. The summed E-state index contributed by atoms with van der Waals surface area (Å²) in [5.74, 6) is 0.163. The molecule has 2 unspecified atom stereocenters. The summed E-state index contributed by atoms with van der Waals surface area (Å²) in [6, 6.07) is 9.68. The number of aliphatic hydroxyl groups excluding tert-OH is 1. The normalized spacial score (nSPS) is 25.4. The van der Waals surface area contributed by atoms with Crippen molar-refractivity contribution in [1.29, 1.82) is 0 Å². The highest BCUT2D eigenvalue weighted by Gasteiger charge is 2.35. The minimum Gasteiger partial charge on any atom is -0.391 e. The summed E-state index contributed by atoms with van der Waals surface area (Å²) in [7, 11) is 0. The summed E-state index contributed by atoms with van der Waals surface area (Å²) in [5.41, 5.74) is 1.76. The molecule has 2 rings (SSSR count). The molecule has 1 aliphatic rings. The summed E-state index contributed by atoms with van der Waals surface area (Å²) in [6.45, 7) is 5.79. The zero-order valence-corrected chi connectivity index (χ0v) is 12.2. The highest BCUT2D eigenvalue weighted by Crippen LogP contribution is 2.27. The van der Waals surface area contributed by atoms with Gasteiger partial charge in [0, 0.05) is 12.0 Å². The van der Waals surface area contributed by atoms with Crippen LogP contribution in [0.5, 0.6) is 0 Å². The Labute approximate surface area is 120 Å². The number of benzene rings is 1. The van der Waals surface area contributed by atoms with Gasteiger partial charge in [-0.05, 0) is 31.1 Å². The van der Waals surface area contributed by atoms with Crippen LogP contribution in [0.1, 0.15) is 32.3 Å². The third-order valence-electron chi connectivity index (χ3n) is 4.00. The lowest BCUT2D eigenvalue weighted by atomic mass is 9.84. The molecule has 2 atom stereocenters. The van der Waals surface area contributed by atoms with Gasteiger partial charge in [0.2, 0.25) is 0 Å². The van der Waals surface area contributed by atoms with Gasteiger partial charge in [-0.1, -0.05) is 44.2 Å². The Morgan fingerprint density at radius 1 is 1.25 bits per heavy atom. The Morgan fingerprint density at radius 2 is 1.90 bits per heavy atom. The summed E-state index contributed by atoms with van der Waals surface area (Å²) in [6.07, 6.45) is 2.49. The van der Waals surface area contributed by atoms with Gasteiger partial charge in [-0.3, -0.25) is 9.69 Å². The third-order valence-corrected chi connectivity index (χ3v) is 4.00. The molecule has 0 aromatic heterocycles. The van der Waals surface area contributed by atoms with E-state index in [2.05, 4.69) is 18.7 Å². The van der Waals surface area contributed by atoms with E-state index in [9.17, 15) is 9.90 Å². The van der Waals surface area contributed by atoms with E-state index in [0.717, 1.165) is 24.2 Å². The lowest BCUT2D eigenvalue weighted by Gasteiger charge is -2.37. The van der Waals surface area contributed by atoms with E-state index >= 15 is 0 Å². The van der Waals surface area contributed by atoms with Gasteiger partial charge in [0.05, 0.1) is 12.1 Å². The average Bonchev–Trinajstić information content (AvgIpc) is 2.48. The molecule has 1 aromatic rings. The average molecular weight is 273 g/mol. The minimum absolute atomic E-state index is 0.163. The van der Waals surface area contributed by atoms with Crippen LogP contribution in [-0.4, -0.2) is 41.0 Å². The quantitative estimate of drug-likeness (QED) is 0.857. The third kappa shape index (κ3) is 3.17. The Hall–Kier alpha value is -1.45. The Kier molecular flexibility index (Phi) is 5.10. The summed E-state index contributed by atoms with van der Waals surface area (Å²) in [4.78, 5) is 14.4. The molecule has 3 heteroatoms. The molecule has 0 spiro atoms. The second kappa shape index (κ2) is 6.82. The van der Waals surface area contributed by atoms with E-state index < -0.39 is 6.10 Å². The van der Waals surface area contributed by atoms with Crippen LogP contribution >= 0.6 is 0 Å². The van der Waals surface area contributed by atoms with E-state index in [1.165, 1.54) is 0 Å². The van der Waals surface area contributed by atoms with E-state index in [-0.39, 0.29) is 11.8 Å². The van der Waals surface area contributed by atoms with Crippen molar-refractivity contribution in [3.63, 3.8) is 0 Å². The van der Waals surface area contributed by atoms with Crippen molar-refractivity contribution in [1.82, 2.24) is 4.90 Å². The first kappa shape index (κ1) is 14.9. The first-order valence-corrected chi connectivity index (χ1v) is 7.39. The number of ketones is 1. The molecule has 3 nitrogen and oxygen atoms in total. The van der Waals surface area contributed by atoms with Gasteiger partial charge in [0.1, 0.15) is 0 Å². The van der Waals surface area contributed by atoms with Crippen LogP contribution in [0, 0.1) is 0 Å². The molecule has 0 amide bonds. The SMILES string of the molecule is CCN(CC)C1C(=Cc2ccccc2)C(=O)CCC1O. The van der Waals surface area contributed by atoms with Crippen LogP contribution in [0.4, 0.5) is 0 Å². The van der Waals surface area contributed by atoms with Crippen molar-refractivity contribution < 1.29 is 9.90 Å². The molecule has 1 N–H and O–H groups in total. The molecule has 20 heavy (non-hydrogen) atoms. The van der Waals surface area contributed by atoms with E-state index in [1.807, 2.05) is 36.4 Å². The highest BCUT2D eigenvalue weighted by atomic mass is 16.3. The lowest BCUT2D eigenvalue weighted by Crippen LogP contribution is -2.49. The van der Waals surface area contributed by atoms with Gasteiger partial charge in [-0.15, -0.1) is 0 Å². The number of aliphatic hydroxyl groups is 1. The minimum atomic E-state index is -0.456. The Balaban J connectivity index is 2.38. The van der Waals surface area contributed by atoms with Gasteiger partial charge in [0.25, 0.3) is 0 Å². The van der Waals surface area contributed by atoms with Crippen LogP contribution in [0.2, 0.25) is 0 Å². The van der Waals surface area contributed by atoms with Crippen LogP contribution in [0.15, 0.2) is 35.9 Å². The lowest BCUT2D eigenvalue weighted by molar-refractivity contribution is -0.119. The zero-order chi connectivity index (χ0) is 14.5. The molecule has 0 bridgehead atoms. The zero-order valence-electron chi connectivity index (χ0n) is 12.2. The molecule has 0 saturated heterocycles. The number of carbonyl (C=O) groups is 1. The van der Waals surface area contributed by atoms with Crippen LogP contribution in [0.3, 0.4) is 0 Å². The first-order chi connectivity index (χ1) is 9.67. The van der Waals surface area contributed by atoms with Gasteiger partial charge in [-0.2, -0.15) is 0 Å². The van der Waals surface area contributed by atoms with E-state index in [0.29, 0.717) is 12.8 Å². The van der Waals surface area contributed by atoms with E-state index in [4.69, 9.17) is 0 Å². The highest BCUT2D eigenvalue weighted by molar-refractivity contribution is 6.01. The monoisotopic (exact) mass is 273 g/mol. The summed E-state index contributed by atoms with van der Waals surface area (Å²) in [5, 5.41) is 10.3. The fraction of sp³-hybridized carbons (Fsp3) is 0.471. The number of rotatable bonds is 4. The molecular weight excluding hydrogens is 250 g/mol. The fourth-order valence-electron chi connectivity index (χ4n) is 2.91. The number of hydrogen-bond acceptors (Lipinski definition) is 3. The summed E-state index contributed by atoms with van der Waals surface area (Å²) >= 11 is 0. The molecule has 1 saturated carbocycles. The molecule has 0 radical (unpaired) electrons. The predicted octanol–water partition coefficient (Wildman–Crippen LogP) is 2.50. The van der Waals surface area contributed by atoms with Crippen molar-refractivity contribution in [2.45, 2.75) is 38.8 Å². The molecule has 1 aromatic carbocycles. The van der Waals surface area contributed by atoms with Crippen molar-refractivity contribution in [3.8, 4) is 0 Å². The maximum Gasteiger partial charge on any atom is 0.160 e. The number of carbonyl (C=O) groups excluding carboxylic acids is 1. The maximum atomic E-state index is 12.3. The van der Waals surface area contributed by atoms with Gasteiger partial charge >= 0.3 is 0 Å². The Bertz CT molecular complexity index is 477. The molecular formula is C17H23NO2. The fourth-order valence-corrected chi connectivity index (χ4v) is 2.91. The molecule has 1 fully saturated rings. The summed E-state index contributed by atoms with van der Waals surface area (Å²) < 4.78 is 0. The van der Waals surface area contributed by atoms with Gasteiger partial charge < -0.3 is 5.11 Å². The number of hydrogen-bond donors (Lipinski definition) is 1. The molecule has 0 heterocycles. The van der Waals surface area contributed by atoms with Gasteiger partial charge in [-0.25, -0.2) is 0 Å². The topological polar surface area (TPSA) is 40.5 Å². The molecule has 108 valence electrons. The van der Waals surface area contributed by atoms with Crippen LogP contribution in [0.25, 0.3) is 6.08 Å². The second-order valence-electron chi connectivity index (χ2n) is 5.21. The maximum absolute atomic E-state index is 12.3. The van der Waals surface area contributed by atoms with Crippen molar-refractivity contribution in [3.05, 3.63) is 41.5 Å². The number of nitrogens with zero attached hydrogens (tertiary/aromatic N) is 1. The van der Waals surface area contributed by atoms with Crippen molar-refractivity contribution in [2.24, 2.45) is 0 Å². The largest absolute Gasteiger partial charge is 0.391 e. The van der Waals surface area contributed by atoms with Crippen molar-refractivity contribution in [2.75, 3.05) is 13.1 Å².